The van der Waals surface area contributed by atoms with Gasteiger partial charge in [-0.15, -0.1) is 0 Å². The Morgan fingerprint density at radius 2 is 1.82 bits per heavy atom. The predicted octanol–water partition coefficient (Wildman–Crippen LogP) is 4.69. The van der Waals surface area contributed by atoms with E-state index in [0.29, 0.717) is 5.56 Å². The third-order valence-corrected chi connectivity index (χ3v) is 3.97. The molecule has 114 valence electrons. The molecule has 0 aliphatic carbocycles. The predicted molar refractivity (Wildman–Crippen MR) is 94.2 cm³/mol. The quantitative estimate of drug-likeness (QED) is 0.611. The highest BCUT2D eigenvalue weighted by Gasteiger charge is 2.09. The number of nitrogens with one attached hydrogen (secondary N) is 1. The Bertz CT molecular complexity index is 678. The Kier molecular flexibility index (Phi) is 5.90. The van der Waals surface area contributed by atoms with E-state index in [9.17, 15) is 4.79 Å². The highest BCUT2D eigenvalue weighted by atomic mass is 79.9. The molecule has 22 heavy (non-hydrogen) atoms. The maximum atomic E-state index is 12.2. The monoisotopic (exact) mass is 358 g/mol. The van der Waals surface area contributed by atoms with Crippen LogP contribution in [0.1, 0.15) is 41.3 Å². The van der Waals surface area contributed by atoms with Gasteiger partial charge in [-0.2, -0.15) is 5.10 Å². The number of carbonyl (C=O) groups excluding carboxylic acids is 1. The molecular formula is C18H19BrN2O. The Morgan fingerprint density at radius 3 is 2.45 bits per heavy atom. The molecule has 0 aliphatic rings. The number of hydrogen-bond donors (Lipinski definition) is 1. The second-order valence-electron chi connectivity index (χ2n) is 5.10. The smallest absolute Gasteiger partial charge is 0.267 e. The zero-order chi connectivity index (χ0) is 15.9. The van der Waals surface area contributed by atoms with E-state index in [1.54, 1.807) is 6.07 Å². The molecular weight excluding hydrogens is 340 g/mol. The fraction of sp³-hybridized carbons (Fsp3) is 0.222. The second kappa shape index (κ2) is 7.90. The normalized spacial score (nSPS) is 11.3. The molecule has 0 unspecified atom stereocenters. The van der Waals surface area contributed by atoms with Crippen molar-refractivity contribution in [2.45, 2.75) is 26.7 Å². The average Bonchev–Trinajstić information content (AvgIpc) is 2.52. The van der Waals surface area contributed by atoms with Gasteiger partial charge in [-0.3, -0.25) is 4.79 Å². The molecule has 2 aromatic rings. The van der Waals surface area contributed by atoms with Crippen LogP contribution < -0.4 is 5.43 Å². The Morgan fingerprint density at radius 1 is 1.14 bits per heavy atom. The van der Waals surface area contributed by atoms with Crippen molar-refractivity contribution in [1.29, 1.82) is 0 Å². The van der Waals surface area contributed by atoms with Gasteiger partial charge in [0.2, 0.25) is 0 Å². The van der Waals surface area contributed by atoms with Gasteiger partial charge in [0.05, 0.1) is 11.3 Å². The summed E-state index contributed by atoms with van der Waals surface area (Å²) in [7, 11) is 0. The minimum atomic E-state index is -0.215. The summed E-state index contributed by atoms with van der Waals surface area (Å²) >= 11 is 3.38. The number of hydrazone groups is 1. The van der Waals surface area contributed by atoms with E-state index < -0.39 is 0 Å². The lowest BCUT2D eigenvalue weighted by Gasteiger charge is -2.08. The first kappa shape index (κ1) is 16.4. The Hall–Kier alpha value is -1.94. The molecule has 0 aromatic heterocycles. The third kappa shape index (κ3) is 4.28. The summed E-state index contributed by atoms with van der Waals surface area (Å²) in [6.07, 6.45) is 1.79. The summed E-state index contributed by atoms with van der Waals surface area (Å²) in [4.78, 5) is 12.2. The van der Waals surface area contributed by atoms with Gasteiger partial charge < -0.3 is 0 Å². The Balaban J connectivity index is 2.18. The van der Waals surface area contributed by atoms with Crippen LogP contribution in [-0.2, 0) is 0 Å². The zero-order valence-electron chi connectivity index (χ0n) is 12.8. The lowest BCUT2D eigenvalue weighted by atomic mass is 10.0. The van der Waals surface area contributed by atoms with E-state index in [2.05, 4.69) is 52.4 Å². The third-order valence-electron chi connectivity index (χ3n) is 3.28. The summed E-state index contributed by atoms with van der Waals surface area (Å²) < 4.78 is 0.759. The van der Waals surface area contributed by atoms with Crippen LogP contribution in [0.2, 0.25) is 0 Å². The molecule has 0 saturated carbocycles. The van der Waals surface area contributed by atoms with Gasteiger partial charge in [-0.25, -0.2) is 5.43 Å². The molecule has 2 rings (SSSR count). The molecule has 1 amide bonds. The van der Waals surface area contributed by atoms with Gasteiger partial charge >= 0.3 is 0 Å². The van der Waals surface area contributed by atoms with Gasteiger partial charge in [0.15, 0.2) is 0 Å². The highest BCUT2D eigenvalue weighted by molar-refractivity contribution is 9.10. The molecule has 0 fully saturated rings. The van der Waals surface area contributed by atoms with Crippen LogP contribution in [0, 0.1) is 6.92 Å². The van der Waals surface area contributed by atoms with Crippen LogP contribution in [-0.4, -0.2) is 11.6 Å². The largest absolute Gasteiger partial charge is 0.272 e. The summed E-state index contributed by atoms with van der Waals surface area (Å²) in [5.41, 5.74) is 6.37. The number of hydrogen-bond acceptors (Lipinski definition) is 2. The van der Waals surface area contributed by atoms with Gasteiger partial charge in [-0.1, -0.05) is 55.3 Å². The SMILES string of the molecule is CCC/C(=N\NC(=O)c1ccccc1Br)c1ccc(C)cc1. The van der Waals surface area contributed by atoms with Crippen LogP contribution in [0.3, 0.4) is 0 Å². The van der Waals surface area contributed by atoms with Crippen molar-refractivity contribution >= 4 is 27.5 Å². The summed E-state index contributed by atoms with van der Waals surface area (Å²) in [5, 5.41) is 4.33. The number of carbonyl (C=O) groups is 1. The molecule has 0 bridgehead atoms. The number of aryl methyl sites for hydroxylation is 1. The van der Waals surface area contributed by atoms with E-state index >= 15 is 0 Å². The van der Waals surface area contributed by atoms with Crippen molar-refractivity contribution in [3.63, 3.8) is 0 Å². The summed E-state index contributed by atoms with van der Waals surface area (Å²) in [6, 6.07) is 15.5. The van der Waals surface area contributed by atoms with Crippen molar-refractivity contribution in [1.82, 2.24) is 5.43 Å². The van der Waals surface area contributed by atoms with E-state index in [1.807, 2.05) is 30.3 Å². The van der Waals surface area contributed by atoms with Crippen molar-refractivity contribution in [2.75, 3.05) is 0 Å². The summed E-state index contributed by atoms with van der Waals surface area (Å²) in [5.74, 6) is -0.215. The van der Waals surface area contributed by atoms with Crippen LogP contribution in [0.15, 0.2) is 58.1 Å². The van der Waals surface area contributed by atoms with Gasteiger partial charge in [0.25, 0.3) is 5.91 Å². The van der Waals surface area contributed by atoms with E-state index in [1.165, 1.54) is 5.56 Å². The van der Waals surface area contributed by atoms with Gasteiger partial charge in [0.1, 0.15) is 0 Å². The standard InChI is InChI=1S/C18H19BrN2O/c1-3-6-17(14-11-9-13(2)10-12-14)20-21-18(22)15-7-4-5-8-16(15)19/h4-5,7-12H,3,6H2,1-2H3,(H,21,22)/b20-17+. The fourth-order valence-electron chi connectivity index (χ4n) is 2.07. The molecule has 1 N–H and O–H groups in total. The van der Waals surface area contributed by atoms with Gasteiger partial charge in [-0.05, 0) is 47.0 Å². The lowest BCUT2D eigenvalue weighted by molar-refractivity contribution is 0.0954. The van der Waals surface area contributed by atoms with Crippen molar-refractivity contribution in [2.24, 2.45) is 5.10 Å². The molecule has 3 nitrogen and oxygen atoms in total. The first-order valence-electron chi connectivity index (χ1n) is 7.30. The zero-order valence-corrected chi connectivity index (χ0v) is 14.4. The molecule has 0 radical (unpaired) electrons. The molecule has 0 aliphatic heterocycles. The van der Waals surface area contributed by atoms with Crippen LogP contribution >= 0.6 is 15.9 Å². The fourth-order valence-corrected chi connectivity index (χ4v) is 2.54. The average molecular weight is 359 g/mol. The van der Waals surface area contributed by atoms with Crippen LogP contribution in [0.25, 0.3) is 0 Å². The molecule has 4 heteroatoms. The molecule has 0 heterocycles. The number of nitrogens with zero attached hydrogens (tertiary/aromatic N) is 1. The maximum Gasteiger partial charge on any atom is 0.272 e. The van der Waals surface area contributed by atoms with Gasteiger partial charge in [0, 0.05) is 4.47 Å². The number of rotatable bonds is 5. The van der Waals surface area contributed by atoms with Crippen molar-refractivity contribution in [3.05, 3.63) is 69.7 Å². The van der Waals surface area contributed by atoms with Crippen molar-refractivity contribution in [3.8, 4) is 0 Å². The number of halogens is 1. The van der Waals surface area contributed by atoms with Crippen LogP contribution in [0.5, 0.6) is 0 Å². The number of benzene rings is 2. The molecule has 2 aromatic carbocycles. The van der Waals surface area contributed by atoms with Crippen molar-refractivity contribution < 1.29 is 4.79 Å². The molecule has 0 atom stereocenters. The van der Waals surface area contributed by atoms with E-state index in [-0.39, 0.29) is 5.91 Å². The molecule has 0 saturated heterocycles. The summed E-state index contributed by atoms with van der Waals surface area (Å²) in [6.45, 7) is 4.15. The first-order chi connectivity index (χ1) is 10.6. The Labute approximate surface area is 139 Å². The lowest BCUT2D eigenvalue weighted by Crippen LogP contribution is -2.20. The topological polar surface area (TPSA) is 41.5 Å². The van der Waals surface area contributed by atoms with E-state index in [0.717, 1.165) is 28.6 Å². The van der Waals surface area contributed by atoms with Crippen LogP contribution in [0.4, 0.5) is 0 Å². The maximum absolute atomic E-state index is 12.2. The number of amides is 1. The minimum Gasteiger partial charge on any atom is -0.267 e. The second-order valence-corrected chi connectivity index (χ2v) is 5.95. The minimum absolute atomic E-state index is 0.215. The molecule has 0 spiro atoms. The first-order valence-corrected chi connectivity index (χ1v) is 8.09. The highest BCUT2D eigenvalue weighted by Crippen LogP contribution is 2.15. The van der Waals surface area contributed by atoms with E-state index in [4.69, 9.17) is 0 Å².